The summed E-state index contributed by atoms with van der Waals surface area (Å²) in [6, 6.07) is 0. The molecule has 90 valence electrons. The van der Waals surface area contributed by atoms with Crippen molar-refractivity contribution in [2.24, 2.45) is 5.92 Å². The highest BCUT2D eigenvalue weighted by atomic mass is 15.1. The van der Waals surface area contributed by atoms with Gasteiger partial charge in [0.2, 0.25) is 0 Å². The van der Waals surface area contributed by atoms with E-state index in [0.717, 1.165) is 5.92 Å². The molecule has 0 amide bonds. The molecule has 1 heterocycles. The lowest BCUT2D eigenvalue weighted by molar-refractivity contribution is 0.237. The van der Waals surface area contributed by atoms with Crippen molar-refractivity contribution in [3.8, 4) is 0 Å². The predicted octanol–water partition coefficient (Wildman–Crippen LogP) is 2.50. The third-order valence-electron chi connectivity index (χ3n) is 3.33. The lowest BCUT2D eigenvalue weighted by Gasteiger charge is -2.27. The van der Waals surface area contributed by atoms with Crippen molar-refractivity contribution in [3.63, 3.8) is 0 Å². The van der Waals surface area contributed by atoms with Gasteiger partial charge in [-0.05, 0) is 70.7 Å². The molecule has 1 fully saturated rings. The molecule has 0 aliphatic carbocycles. The zero-order valence-electron chi connectivity index (χ0n) is 10.6. The lowest BCUT2D eigenvalue weighted by Crippen LogP contribution is -2.33. The maximum atomic E-state index is 3.50. The molecule has 15 heavy (non-hydrogen) atoms. The van der Waals surface area contributed by atoms with Crippen LogP contribution in [0.1, 0.15) is 46.0 Å². The molecule has 0 saturated carbocycles. The smallest absolute Gasteiger partial charge is 0.00156 e. The van der Waals surface area contributed by atoms with Gasteiger partial charge < -0.3 is 10.2 Å². The minimum atomic E-state index is 0.940. The highest BCUT2D eigenvalue weighted by Gasteiger charge is 2.13. The molecule has 0 aromatic heterocycles. The fraction of sp³-hybridized carbons (Fsp3) is 1.00. The minimum Gasteiger partial charge on any atom is -0.316 e. The molecule has 1 aliphatic heterocycles. The van der Waals surface area contributed by atoms with E-state index in [9.17, 15) is 0 Å². The molecule has 1 N–H and O–H groups in total. The summed E-state index contributed by atoms with van der Waals surface area (Å²) in [7, 11) is 0. The number of piperidine rings is 1. The fourth-order valence-electron chi connectivity index (χ4n) is 2.50. The van der Waals surface area contributed by atoms with Gasteiger partial charge in [-0.15, -0.1) is 0 Å². The van der Waals surface area contributed by atoms with Crippen LogP contribution in [0.3, 0.4) is 0 Å². The summed E-state index contributed by atoms with van der Waals surface area (Å²) >= 11 is 0. The largest absolute Gasteiger partial charge is 0.316 e. The van der Waals surface area contributed by atoms with Gasteiger partial charge in [-0.25, -0.2) is 0 Å². The monoisotopic (exact) mass is 212 g/mol. The first-order valence-corrected chi connectivity index (χ1v) is 6.79. The van der Waals surface area contributed by atoms with Crippen LogP contribution in [-0.2, 0) is 0 Å². The summed E-state index contributed by atoms with van der Waals surface area (Å²) < 4.78 is 0. The normalized spacial score (nSPS) is 22.2. The van der Waals surface area contributed by atoms with Crippen molar-refractivity contribution < 1.29 is 0 Å². The number of nitrogens with one attached hydrogen (secondary N) is 1. The zero-order valence-corrected chi connectivity index (χ0v) is 10.6. The number of nitrogens with zero attached hydrogens (tertiary/aromatic N) is 1. The second kappa shape index (κ2) is 8.12. The Kier molecular flexibility index (Phi) is 7.03. The third-order valence-corrected chi connectivity index (χ3v) is 3.33. The Labute approximate surface area is 95.4 Å². The van der Waals surface area contributed by atoms with Crippen LogP contribution in [0.4, 0.5) is 0 Å². The predicted molar refractivity (Wildman–Crippen MR) is 67.2 cm³/mol. The third kappa shape index (κ3) is 5.53. The first-order valence-electron chi connectivity index (χ1n) is 6.79. The van der Waals surface area contributed by atoms with Gasteiger partial charge in [-0.1, -0.05) is 13.8 Å². The summed E-state index contributed by atoms with van der Waals surface area (Å²) in [4.78, 5) is 2.63. The van der Waals surface area contributed by atoms with Crippen molar-refractivity contribution in [2.75, 3.05) is 32.7 Å². The number of rotatable bonds is 7. The first kappa shape index (κ1) is 13.0. The minimum absolute atomic E-state index is 0.940. The van der Waals surface area contributed by atoms with E-state index < -0.39 is 0 Å². The summed E-state index contributed by atoms with van der Waals surface area (Å²) in [5.74, 6) is 0.940. The van der Waals surface area contributed by atoms with Crippen LogP contribution in [0.5, 0.6) is 0 Å². The van der Waals surface area contributed by atoms with Crippen LogP contribution < -0.4 is 5.32 Å². The van der Waals surface area contributed by atoms with Crippen molar-refractivity contribution in [2.45, 2.75) is 46.0 Å². The Hall–Kier alpha value is -0.0800. The van der Waals surface area contributed by atoms with Gasteiger partial charge in [0.1, 0.15) is 0 Å². The van der Waals surface area contributed by atoms with Crippen LogP contribution in [0.25, 0.3) is 0 Å². The molecular weight excluding hydrogens is 184 g/mol. The van der Waals surface area contributed by atoms with E-state index in [4.69, 9.17) is 0 Å². The van der Waals surface area contributed by atoms with Crippen LogP contribution in [0.15, 0.2) is 0 Å². The SMILES string of the molecule is CCCN(CCC)CC[C@@H]1CCCNC1. The zero-order chi connectivity index (χ0) is 10.9. The molecular formula is C13H28N2. The topological polar surface area (TPSA) is 15.3 Å². The average Bonchev–Trinajstić information content (AvgIpc) is 2.28. The Morgan fingerprint density at radius 2 is 1.87 bits per heavy atom. The maximum Gasteiger partial charge on any atom is -0.00156 e. The summed E-state index contributed by atoms with van der Waals surface area (Å²) in [6.07, 6.45) is 6.81. The van der Waals surface area contributed by atoms with Gasteiger partial charge in [0.25, 0.3) is 0 Å². The highest BCUT2D eigenvalue weighted by molar-refractivity contribution is 4.70. The number of hydrogen-bond donors (Lipinski definition) is 1. The van der Waals surface area contributed by atoms with Crippen molar-refractivity contribution >= 4 is 0 Å². The molecule has 2 nitrogen and oxygen atoms in total. The molecule has 0 aromatic rings. The molecule has 0 spiro atoms. The van der Waals surface area contributed by atoms with Crippen LogP contribution in [-0.4, -0.2) is 37.6 Å². The average molecular weight is 212 g/mol. The maximum absolute atomic E-state index is 3.50. The van der Waals surface area contributed by atoms with E-state index >= 15 is 0 Å². The van der Waals surface area contributed by atoms with E-state index in [0.29, 0.717) is 0 Å². The van der Waals surface area contributed by atoms with Gasteiger partial charge in [0.15, 0.2) is 0 Å². The van der Waals surface area contributed by atoms with E-state index in [2.05, 4.69) is 24.1 Å². The van der Waals surface area contributed by atoms with E-state index in [1.165, 1.54) is 64.8 Å². The Bertz CT molecular complexity index is 135. The molecule has 0 unspecified atom stereocenters. The molecule has 0 bridgehead atoms. The lowest BCUT2D eigenvalue weighted by atomic mass is 9.96. The molecule has 1 atom stereocenters. The molecule has 1 saturated heterocycles. The standard InChI is InChI=1S/C13H28N2/c1-3-9-15(10-4-2)11-7-13-6-5-8-14-12-13/h13-14H,3-12H2,1-2H3/t13-/m0/s1. The van der Waals surface area contributed by atoms with E-state index in [-0.39, 0.29) is 0 Å². The first-order chi connectivity index (χ1) is 7.36. The van der Waals surface area contributed by atoms with Crippen LogP contribution in [0, 0.1) is 5.92 Å². The van der Waals surface area contributed by atoms with Crippen molar-refractivity contribution in [1.29, 1.82) is 0 Å². The van der Waals surface area contributed by atoms with E-state index in [1.807, 2.05) is 0 Å². The second-order valence-electron chi connectivity index (χ2n) is 4.84. The molecule has 1 rings (SSSR count). The summed E-state index contributed by atoms with van der Waals surface area (Å²) in [6.45, 7) is 10.9. The van der Waals surface area contributed by atoms with Gasteiger partial charge in [-0.3, -0.25) is 0 Å². The van der Waals surface area contributed by atoms with Crippen molar-refractivity contribution in [3.05, 3.63) is 0 Å². The second-order valence-corrected chi connectivity index (χ2v) is 4.84. The van der Waals surface area contributed by atoms with Gasteiger partial charge >= 0.3 is 0 Å². The van der Waals surface area contributed by atoms with Gasteiger partial charge in [-0.2, -0.15) is 0 Å². The molecule has 2 heteroatoms. The molecule has 1 aliphatic rings. The molecule has 0 radical (unpaired) electrons. The Morgan fingerprint density at radius 3 is 2.40 bits per heavy atom. The Balaban J connectivity index is 2.13. The van der Waals surface area contributed by atoms with Gasteiger partial charge in [0, 0.05) is 0 Å². The Morgan fingerprint density at radius 1 is 1.13 bits per heavy atom. The summed E-state index contributed by atoms with van der Waals surface area (Å²) in [5, 5.41) is 3.50. The van der Waals surface area contributed by atoms with E-state index in [1.54, 1.807) is 0 Å². The fourth-order valence-corrected chi connectivity index (χ4v) is 2.50. The highest BCUT2D eigenvalue weighted by Crippen LogP contribution is 2.14. The quantitative estimate of drug-likeness (QED) is 0.697. The van der Waals surface area contributed by atoms with Crippen LogP contribution >= 0.6 is 0 Å². The van der Waals surface area contributed by atoms with Gasteiger partial charge in [0.05, 0.1) is 0 Å². The number of hydrogen-bond acceptors (Lipinski definition) is 2. The molecule has 0 aromatic carbocycles. The van der Waals surface area contributed by atoms with Crippen molar-refractivity contribution in [1.82, 2.24) is 10.2 Å². The van der Waals surface area contributed by atoms with Crippen LogP contribution in [0.2, 0.25) is 0 Å². The summed E-state index contributed by atoms with van der Waals surface area (Å²) in [5.41, 5.74) is 0.